The molecule has 6 nitrogen and oxygen atoms in total. The second-order valence-corrected chi connectivity index (χ2v) is 7.27. The largest absolute Gasteiger partial charge is 0.460 e. The van der Waals surface area contributed by atoms with Crippen LogP contribution in [0.1, 0.15) is 11.3 Å². The first-order valence-corrected chi connectivity index (χ1v) is 9.94. The molecule has 6 heteroatoms. The van der Waals surface area contributed by atoms with Gasteiger partial charge in [-0.3, -0.25) is 0 Å². The average Bonchev–Trinajstić information content (AvgIpc) is 3.53. The van der Waals surface area contributed by atoms with Gasteiger partial charge in [-0.1, -0.05) is 30.3 Å². The summed E-state index contributed by atoms with van der Waals surface area (Å²) in [6.07, 6.45) is 5.56. The van der Waals surface area contributed by atoms with Crippen LogP contribution < -0.4 is 0 Å². The number of benzene rings is 2. The standard InChI is InChI=1S/C25H19N5O/c1-18-11-12-24(31-18)25-20(16-30(28-25)21-7-3-2-4-8-21)13-19(14-26)15-29-17-27-22-9-5-6-10-23(22)29/h2-13,16-17H,15H2,1H3/b19-13+. The van der Waals surface area contributed by atoms with Crippen molar-refractivity contribution in [3.05, 3.63) is 96.2 Å². The molecule has 0 bridgehead atoms. The number of hydrogen-bond acceptors (Lipinski definition) is 4. The van der Waals surface area contributed by atoms with Crippen LogP contribution in [0, 0.1) is 18.3 Å². The maximum atomic E-state index is 9.84. The molecule has 0 aliphatic rings. The van der Waals surface area contributed by atoms with Gasteiger partial charge in [0.1, 0.15) is 11.5 Å². The summed E-state index contributed by atoms with van der Waals surface area (Å²) in [5, 5.41) is 14.6. The first-order chi connectivity index (χ1) is 15.2. The number of para-hydroxylation sites is 3. The molecule has 0 N–H and O–H groups in total. The zero-order valence-corrected chi connectivity index (χ0v) is 16.9. The van der Waals surface area contributed by atoms with Crippen molar-refractivity contribution >= 4 is 17.1 Å². The Labute approximate surface area is 179 Å². The van der Waals surface area contributed by atoms with Crippen LogP contribution in [-0.2, 0) is 6.54 Å². The van der Waals surface area contributed by atoms with Gasteiger partial charge >= 0.3 is 0 Å². The Balaban J connectivity index is 1.58. The van der Waals surface area contributed by atoms with E-state index in [0.29, 0.717) is 23.6 Å². The SMILES string of the molecule is Cc1ccc(-c2nn(-c3ccccc3)cc2/C=C(\C#N)Cn2cnc3ccccc32)o1. The number of fused-ring (bicyclic) bond motifs is 1. The van der Waals surface area contributed by atoms with Crippen molar-refractivity contribution < 1.29 is 4.42 Å². The molecule has 2 aromatic carbocycles. The van der Waals surface area contributed by atoms with Gasteiger partial charge in [-0.15, -0.1) is 0 Å². The minimum atomic E-state index is 0.421. The van der Waals surface area contributed by atoms with Crippen LogP contribution in [-0.4, -0.2) is 19.3 Å². The Hall–Kier alpha value is -4.37. The molecule has 0 fully saturated rings. The fraction of sp³-hybridized carbons (Fsp3) is 0.0800. The lowest BCUT2D eigenvalue weighted by Crippen LogP contribution is -1.98. The van der Waals surface area contributed by atoms with Gasteiger partial charge in [0, 0.05) is 11.8 Å². The highest BCUT2D eigenvalue weighted by Gasteiger charge is 2.15. The number of imidazole rings is 1. The summed E-state index contributed by atoms with van der Waals surface area (Å²) < 4.78 is 9.62. The molecule has 0 amide bonds. The van der Waals surface area contributed by atoms with E-state index in [1.807, 2.05) is 90.5 Å². The Morgan fingerprint density at radius 2 is 1.87 bits per heavy atom. The van der Waals surface area contributed by atoms with E-state index in [0.717, 1.165) is 28.0 Å². The molecule has 31 heavy (non-hydrogen) atoms. The fourth-order valence-corrected chi connectivity index (χ4v) is 3.58. The molecule has 0 atom stereocenters. The second-order valence-electron chi connectivity index (χ2n) is 7.27. The summed E-state index contributed by atoms with van der Waals surface area (Å²) in [5.41, 5.74) is 4.94. The summed E-state index contributed by atoms with van der Waals surface area (Å²) >= 11 is 0. The summed E-state index contributed by atoms with van der Waals surface area (Å²) in [7, 11) is 0. The monoisotopic (exact) mass is 405 g/mol. The van der Waals surface area contributed by atoms with Gasteiger partial charge in [0.15, 0.2) is 5.76 Å². The second kappa shape index (κ2) is 7.81. The molecule has 5 aromatic rings. The van der Waals surface area contributed by atoms with Crippen LogP contribution in [0.3, 0.4) is 0 Å². The van der Waals surface area contributed by atoms with Gasteiger partial charge in [-0.25, -0.2) is 9.67 Å². The van der Waals surface area contributed by atoms with Gasteiger partial charge in [0.05, 0.1) is 41.2 Å². The summed E-state index contributed by atoms with van der Waals surface area (Å²) in [5.74, 6) is 1.48. The minimum Gasteiger partial charge on any atom is -0.460 e. The van der Waals surface area contributed by atoms with E-state index in [1.165, 1.54) is 0 Å². The first-order valence-electron chi connectivity index (χ1n) is 9.94. The quantitative estimate of drug-likeness (QED) is 0.367. The third-order valence-corrected chi connectivity index (χ3v) is 5.08. The third-order valence-electron chi connectivity index (χ3n) is 5.08. The molecule has 0 saturated heterocycles. The maximum absolute atomic E-state index is 9.84. The van der Waals surface area contributed by atoms with Crippen molar-refractivity contribution in [2.75, 3.05) is 0 Å². The van der Waals surface area contributed by atoms with Gasteiger partial charge in [0.2, 0.25) is 0 Å². The van der Waals surface area contributed by atoms with Crippen molar-refractivity contribution in [1.29, 1.82) is 5.26 Å². The number of aryl methyl sites for hydroxylation is 1. The van der Waals surface area contributed by atoms with Crippen LogP contribution in [0.15, 0.2) is 89.2 Å². The van der Waals surface area contributed by atoms with Crippen LogP contribution in [0.25, 0.3) is 34.3 Å². The normalized spacial score (nSPS) is 11.7. The molecular weight excluding hydrogens is 386 g/mol. The van der Waals surface area contributed by atoms with E-state index in [1.54, 1.807) is 11.0 Å². The molecule has 3 heterocycles. The number of hydrogen-bond donors (Lipinski definition) is 0. The summed E-state index contributed by atoms with van der Waals surface area (Å²) in [6.45, 7) is 2.32. The van der Waals surface area contributed by atoms with Crippen LogP contribution in [0.4, 0.5) is 0 Å². The molecule has 5 rings (SSSR count). The van der Waals surface area contributed by atoms with Crippen LogP contribution in [0.2, 0.25) is 0 Å². The smallest absolute Gasteiger partial charge is 0.155 e. The highest BCUT2D eigenvalue weighted by molar-refractivity contribution is 5.76. The van der Waals surface area contributed by atoms with Gasteiger partial charge in [0.25, 0.3) is 0 Å². The topological polar surface area (TPSA) is 72.6 Å². The number of rotatable bonds is 5. The highest BCUT2D eigenvalue weighted by Crippen LogP contribution is 2.28. The first kappa shape index (κ1) is 18.6. The van der Waals surface area contributed by atoms with Crippen molar-refractivity contribution in [2.24, 2.45) is 0 Å². The van der Waals surface area contributed by atoms with Crippen LogP contribution >= 0.6 is 0 Å². The number of aromatic nitrogens is 4. The van der Waals surface area contributed by atoms with E-state index in [2.05, 4.69) is 11.1 Å². The number of allylic oxidation sites excluding steroid dienone is 1. The van der Waals surface area contributed by atoms with Crippen molar-refractivity contribution in [1.82, 2.24) is 19.3 Å². The van der Waals surface area contributed by atoms with Gasteiger partial charge < -0.3 is 8.98 Å². The number of nitrogens with zero attached hydrogens (tertiary/aromatic N) is 5. The molecule has 0 aliphatic carbocycles. The summed E-state index contributed by atoms with van der Waals surface area (Å²) in [4.78, 5) is 4.42. The molecule has 0 spiro atoms. The number of furan rings is 1. The predicted molar refractivity (Wildman–Crippen MR) is 119 cm³/mol. The minimum absolute atomic E-state index is 0.421. The molecule has 0 saturated carbocycles. The van der Waals surface area contributed by atoms with Crippen LogP contribution in [0.5, 0.6) is 0 Å². The maximum Gasteiger partial charge on any atom is 0.155 e. The average molecular weight is 405 g/mol. The van der Waals surface area contributed by atoms with Crippen molar-refractivity contribution in [2.45, 2.75) is 13.5 Å². The van der Waals surface area contributed by atoms with E-state index in [-0.39, 0.29) is 0 Å². The molecular formula is C25H19N5O. The van der Waals surface area contributed by atoms with Gasteiger partial charge in [-0.2, -0.15) is 10.4 Å². The molecule has 150 valence electrons. The fourth-order valence-electron chi connectivity index (χ4n) is 3.58. The lowest BCUT2D eigenvalue weighted by Gasteiger charge is -2.03. The molecule has 0 aliphatic heterocycles. The third kappa shape index (κ3) is 3.65. The summed E-state index contributed by atoms with van der Waals surface area (Å²) in [6, 6.07) is 23.9. The molecule has 0 unspecified atom stereocenters. The number of nitriles is 1. The Morgan fingerprint density at radius 3 is 2.65 bits per heavy atom. The zero-order valence-electron chi connectivity index (χ0n) is 16.9. The van der Waals surface area contributed by atoms with E-state index in [9.17, 15) is 5.26 Å². The predicted octanol–water partition coefficient (Wildman–Crippen LogP) is 5.40. The highest BCUT2D eigenvalue weighted by atomic mass is 16.3. The Bertz CT molecular complexity index is 1430. The van der Waals surface area contributed by atoms with Crippen molar-refractivity contribution in [3.63, 3.8) is 0 Å². The lowest BCUT2D eigenvalue weighted by molar-refractivity contribution is 0.545. The van der Waals surface area contributed by atoms with Crippen molar-refractivity contribution in [3.8, 4) is 23.2 Å². The zero-order chi connectivity index (χ0) is 21.2. The molecule has 0 radical (unpaired) electrons. The molecule has 3 aromatic heterocycles. The van der Waals surface area contributed by atoms with E-state index < -0.39 is 0 Å². The van der Waals surface area contributed by atoms with E-state index in [4.69, 9.17) is 9.52 Å². The van der Waals surface area contributed by atoms with E-state index >= 15 is 0 Å². The Kier molecular flexibility index (Phi) is 4.70. The lowest BCUT2D eigenvalue weighted by atomic mass is 10.1. The Morgan fingerprint density at radius 1 is 1.06 bits per heavy atom. The van der Waals surface area contributed by atoms with Gasteiger partial charge in [-0.05, 0) is 49.4 Å².